The summed E-state index contributed by atoms with van der Waals surface area (Å²) in [7, 11) is 0. The molecule has 5 heteroatoms. The average molecular weight is 221 g/mol. The Morgan fingerprint density at radius 2 is 2.50 bits per heavy atom. The predicted octanol–water partition coefficient (Wildman–Crippen LogP) is -0.579. The first-order valence-corrected chi connectivity index (χ1v) is 5.35. The molecule has 1 aliphatic heterocycles. The molecule has 0 aliphatic carbocycles. The molecule has 2 unspecified atom stereocenters. The number of carbonyl (C=O) groups excluding carboxylic acids is 1. The minimum absolute atomic E-state index is 0.0813. The second-order valence-corrected chi connectivity index (χ2v) is 3.89. The number of hydrogen-bond donors (Lipinski definition) is 3. The Balaban J connectivity index is 1.80. The van der Waals surface area contributed by atoms with Crippen molar-refractivity contribution in [1.29, 1.82) is 0 Å². The third kappa shape index (κ3) is 2.77. The van der Waals surface area contributed by atoms with Crippen LogP contribution in [-0.2, 0) is 11.3 Å². The minimum atomic E-state index is -0.411. The summed E-state index contributed by atoms with van der Waals surface area (Å²) in [5.74, 6) is -0.0813. The molecule has 0 aromatic carbocycles. The lowest BCUT2D eigenvalue weighted by molar-refractivity contribution is -0.123. The van der Waals surface area contributed by atoms with Crippen LogP contribution in [0.3, 0.4) is 0 Å². The number of hydrogen-bond acceptors (Lipinski definition) is 4. The molecule has 2 atom stereocenters. The monoisotopic (exact) mass is 221 g/mol. The maximum absolute atomic E-state index is 11.7. The number of nitrogens with one attached hydrogen (secondary N) is 2. The van der Waals surface area contributed by atoms with Crippen molar-refractivity contribution in [3.8, 4) is 0 Å². The van der Waals surface area contributed by atoms with Gasteiger partial charge >= 0.3 is 0 Å². The highest BCUT2D eigenvalue weighted by Crippen LogP contribution is 2.06. The van der Waals surface area contributed by atoms with Crippen LogP contribution in [0.5, 0.6) is 0 Å². The molecule has 1 fully saturated rings. The van der Waals surface area contributed by atoms with Crippen LogP contribution in [0.2, 0.25) is 0 Å². The Hall–Kier alpha value is -1.46. The zero-order valence-corrected chi connectivity index (χ0v) is 8.89. The summed E-state index contributed by atoms with van der Waals surface area (Å²) in [5, 5.41) is 15.0. The van der Waals surface area contributed by atoms with Crippen molar-refractivity contribution in [2.24, 2.45) is 0 Å². The molecule has 86 valence electrons. The second kappa shape index (κ2) is 5.05. The summed E-state index contributed by atoms with van der Waals surface area (Å²) in [5.41, 5.74) is 0.828. The number of amides is 1. The van der Waals surface area contributed by atoms with E-state index in [1.54, 1.807) is 6.20 Å². The molecular formula is C11H15N3O2. The number of pyridine rings is 1. The van der Waals surface area contributed by atoms with Crippen LogP contribution in [0.4, 0.5) is 0 Å². The van der Waals surface area contributed by atoms with Crippen molar-refractivity contribution >= 4 is 5.91 Å². The largest absolute Gasteiger partial charge is 0.392 e. The van der Waals surface area contributed by atoms with Crippen molar-refractivity contribution in [2.75, 3.05) is 6.54 Å². The summed E-state index contributed by atoms with van der Waals surface area (Å²) in [4.78, 5) is 15.8. The topological polar surface area (TPSA) is 74.2 Å². The molecule has 5 nitrogen and oxygen atoms in total. The molecule has 0 saturated carbocycles. The van der Waals surface area contributed by atoms with Gasteiger partial charge in [-0.25, -0.2) is 0 Å². The van der Waals surface area contributed by atoms with Crippen LogP contribution in [-0.4, -0.2) is 34.7 Å². The first-order valence-electron chi connectivity index (χ1n) is 5.35. The molecule has 0 spiro atoms. The Kier molecular flexibility index (Phi) is 3.48. The maximum Gasteiger partial charge on any atom is 0.237 e. The van der Waals surface area contributed by atoms with Crippen LogP contribution < -0.4 is 10.6 Å². The normalized spacial score (nSPS) is 24.3. The van der Waals surface area contributed by atoms with Gasteiger partial charge < -0.3 is 15.7 Å². The van der Waals surface area contributed by atoms with Gasteiger partial charge in [-0.15, -0.1) is 0 Å². The number of aromatic nitrogens is 1. The van der Waals surface area contributed by atoms with Gasteiger partial charge in [-0.2, -0.15) is 0 Å². The van der Waals surface area contributed by atoms with Gasteiger partial charge in [0, 0.05) is 12.7 Å². The van der Waals surface area contributed by atoms with Crippen molar-refractivity contribution in [3.05, 3.63) is 30.1 Å². The lowest BCUT2D eigenvalue weighted by Gasteiger charge is -2.10. The van der Waals surface area contributed by atoms with Crippen LogP contribution in [0, 0.1) is 0 Å². The fraction of sp³-hybridized carbons (Fsp3) is 0.455. The molecule has 0 bridgehead atoms. The SMILES string of the molecule is O=C(NCc1ccccn1)C1CC(O)CN1. The summed E-state index contributed by atoms with van der Waals surface area (Å²) in [6.07, 6.45) is 1.76. The lowest BCUT2D eigenvalue weighted by Crippen LogP contribution is -2.40. The van der Waals surface area contributed by atoms with E-state index in [1.807, 2.05) is 18.2 Å². The zero-order valence-electron chi connectivity index (χ0n) is 8.89. The zero-order chi connectivity index (χ0) is 11.4. The van der Waals surface area contributed by atoms with Gasteiger partial charge in [0.25, 0.3) is 0 Å². The predicted molar refractivity (Wildman–Crippen MR) is 58.5 cm³/mol. The summed E-state index contributed by atoms with van der Waals surface area (Å²) in [6.45, 7) is 0.912. The minimum Gasteiger partial charge on any atom is -0.392 e. The Bertz CT molecular complexity index is 356. The van der Waals surface area contributed by atoms with E-state index in [1.165, 1.54) is 0 Å². The molecule has 3 N–H and O–H groups in total. The van der Waals surface area contributed by atoms with Gasteiger partial charge in [0.2, 0.25) is 5.91 Å². The molecule has 1 aromatic heterocycles. The van der Waals surface area contributed by atoms with Crippen molar-refractivity contribution in [3.63, 3.8) is 0 Å². The first-order chi connectivity index (χ1) is 7.75. The third-order valence-corrected chi connectivity index (χ3v) is 2.59. The fourth-order valence-corrected chi connectivity index (χ4v) is 1.72. The van der Waals surface area contributed by atoms with Gasteiger partial charge in [0.1, 0.15) is 0 Å². The highest BCUT2D eigenvalue weighted by atomic mass is 16.3. The molecule has 1 aliphatic rings. The Morgan fingerprint density at radius 1 is 1.62 bits per heavy atom. The van der Waals surface area contributed by atoms with E-state index in [0.717, 1.165) is 5.69 Å². The number of aliphatic hydroxyl groups is 1. The Labute approximate surface area is 93.9 Å². The lowest BCUT2D eigenvalue weighted by atomic mass is 10.2. The van der Waals surface area contributed by atoms with Crippen LogP contribution in [0.15, 0.2) is 24.4 Å². The summed E-state index contributed by atoms with van der Waals surface area (Å²) in [6, 6.07) is 5.29. The molecule has 0 radical (unpaired) electrons. The first kappa shape index (κ1) is 11.0. The number of carbonyl (C=O) groups is 1. The quantitative estimate of drug-likeness (QED) is 0.638. The van der Waals surface area contributed by atoms with E-state index in [2.05, 4.69) is 15.6 Å². The van der Waals surface area contributed by atoms with Crippen molar-refractivity contribution in [1.82, 2.24) is 15.6 Å². The standard InChI is InChI=1S/C11H15N3O2/c15-9-5-10(13-7-9)11(16)14-6-8-3-1-2-4-12-8/h1-4,9-10,13,15H,5-7H2,(H,14,16). The molecule has 16 heavy (non-hydrogen) atoms. The summed E-state index contributed by atoms with van der Waals surface area (Å²) < 4.78 is 0. The number of β-amino-alcohol motifs (C(OH)–C–C–N with tert-alkyl or cyclic N) is 1. The second-order valence-electron chi connectivity index (χ2n) is 3.89. The maximum atomic E-state index is 11.7. The molecule has 1 aromatic rings. The molecule has 1 amide bonds. The summed E-state index contributed by atoms with van der Waals surface area (Å²) >= 11 is 0. The van der Waals surface area contributed by atoms with Crippen molar-refractivity contribution in [2.45, 2.75) is 25.1 Å². The molecular weight excluding hydrogens is 206 g/mol. The molecule has 1 saturated heterocycles. The van der Waals surface area contributed by atoms with Crippen LogP contribution >= 0.6 is 0 Å². The number of aliphatic hydroxyl groups excluding tert-OH is 1. The van der Waals surface area contributed by atoms with E-state index in [4.69, 9.17) is 0 Å². The van der Waals surface area contributed by atoms with E-state index in [-0.39, 0.29) is 11.9 Å². The third-order valence-electron chi connectivity index (χ3n) is 2.59. The Morgan fingerprint density at radius 3 is 3.12 bits per heavy atom. The van der Waals surface area contributed by atoms with Gasteiger partial charge in [0.15, 0.2) is 0 Å². The smallest absolute Gasteiger partial charge is 0.237 e. The van der Waals surface area contributed by atoms with Gasteiger partial charge in [-0.1, -0.05) is 6.07 Å². The van der Waals surface area contributed by atoms with E-state index in [0.29, 0.717) is 19.5 Å². The highest BCUT2D eigenvalue weighted by Gasteiger charge is 2.27. The van der Waals surface area contributed by atoms with Crippen molar-refractivity contribution < 1.29 is 9.90 Å². The van der Waals surface area contributed by atoms with E-state index < -0.39 is 6.10 Å². The van der Waals surface area contributed by atoms with Gasteiger partial charge in [0.05, 0.1) is 24.4 Å². The van der Waals surface area contributed by atoms with Crippen LogP contribution in [0.25, 0.3) is 0 Å². The molecule has 2 heterocycles. The number of nitrogens with zero attached hydrogens (tertiary/aromatic N) is 1. The van der Waals surface area contributed by atoms with Crippen LogP contribution in [0.1, 0.15) is 12.1 Å². The van der Waals surface area contributed by atoms with E-state index in [9.17, 15) is 9.90 Å². The van der Waals surface area contributed by atoms with E-state index >= 15 is 0 Å². The fourth-order valence-electron chi connectivity index (χ4n) is 1.72. The van der Waals surface area contributed by atoms with Gasteiger partial charge in [-0.05, 0) is 18.6 Å². The molecule has 2 rings (SSSR count). The van der Waals surface area contributed by atoms with Gasteiger partial charge in [-0.3, -0.25) is 9.78 Å². The highest BCUT2D eigenvalue weighted by molar-refractivity contribution is 5.82. The average Bonchev–Trinajstić information content (AvgIpc) is 2.74. The number of rotatable bonds is 3.